The lowest BCUT2D eigenvalue weighted by molar-refractivity contribution is 0.365. The summed E-state index contributed by atoms with van der Waals surface area (Å²) >= 11 is 4.95. The first kappa shape index (κ1) is 18.3. The Labute approximate surface area is 158 Å². The minimum Gasteiger partial charge on any atom is -0.480 e. The molecule has 7 nitrogen and oxygen atoms in total. The summed E-state index contributed by atoms with van der Waals surface area (Å²) < 4.78 is 20.7. The molecule has 25 heavy (non-hydrogen) atoms. The molecule has 0 spiro atoms. The Balaban J connectivity index is 2.02. The number of rotatable bonds is 5. The Hall–Kier alpha value is -1.52. The second kappa shape index (κ2) is 8.24. The van der Waals surface area contributed by atoms with Crippen LogP contribution in [0.5, 0.6) is 5.88 Å². The lowest BCUT2D eigenvalue weighted by Gasteiger charge is -2.29. The molecule has 1 aliphatic heterocycles. The molecular weight excluding hydrogens is 411 g/mol. The first-order valence-corrected chi connectivity index (χ1v) is 9.69. The fourth-order valence-electron chi connectivity index (χ4n) is 2.65. The predicted octanol–water partition coefficient (Wildman–Crippen LogP) is 2.99. The van der Waals surface area contributed by atoms with Gasteiger partial charge in [-0.2, -0.15) is 4.98 Å². The van der Waals surface area contributed by atoms with Crippen LogP contribution in [-0.2, 0) is 0 Å². The van der Waals surface area contributed by atoms with Gasteiger partial charge in [0.25, 0.3) is 0 Å². The molecule has 1 fully saturated rings. The number of anilines is 1. The van der Waals surface area contributed by atoms with Crippen molar-refractivity contribution in [2.45, 2.75) is 24.0 Å². The van der Waals surface area contributed by atoms with Crippen LogP contribution in [0, 0.1) is 5.82 Å². The highest BCUT2D eigenvalue weighted by Crippen LogP contribution is 2.34. The van der Waals surface area contributed by atoms with Gasteiger partial charge in [-0.05, 0) is 19.1 Å². The maximum Gasteiger partial charge on any atom is 0.230 e. The van der Waals surface area contributed by atoms with Gasteiger partial charge in [0.2, 0.25) is 5.88 Å². The fourth-order valence-corrected chi connectivity index (χ4v) is 3.61. The van der Waals surface area contributed by atoms with Crippen molar-refractivity contribution in [3.63, 3.8) is 0 Å². The zero-order valence-corrected chi connectivity index (χ0v) is 16.3. The van der Waals surface area contributed by atoms with Crippen molar-refractivity contribution in [1.29, 1.82) is 0 Å². The normalized spacial score (nSPS) is 18.2. The van der Waals surface area contributed by atoms with Crippen LogP contribution in [0.1, 0.15) is 12.8 Å². The number of halogens is 2. The second-order valence-electron chi connectivity index (χ2n) is 5.52. The van der Waals surface area contributed by atoms with E-state index < -0.39 is 5.82 Å². The fraction of sp³-hybridized carbons (Fsp3) is 0.467. The summed E-state index contributed by atoms with van der Waals surface area (Å²) in [5.41, 5.74) is 0.534. The van der Waals surface area contributed by atoms with Gasteiger partial charge >= 0.3 is 0 Å². The number of aromatic nitrogens is 4. The Morgan fingerprint density at radius 3 is 2.76 bits per heavy atom. The monoisotopic (exact) mass is 428 g/mol. The number of hydrogen-bond donors (Lipinski definition) is 1. The summed E-state index contributed by atoms with van der Waals surface area (Å²) in [7, 11) is 1.53. The molecule has 0 amide bonds. The van der Waals surface area contributed by atoms with Crippen LogP contribution in [0.2, 0.25) is 0 Å². The lowest BCUT2D eigenvalue weighted by atomic mass is 10.1. The lowest BCUT2D eigenvalue weighted by Crippen LogP contribution is -2.37. The van der Waals surface area contributed by atoms with Crippen LogP contribution in [0.4, 0.5) is 10.2 Å². The SMILES string of the molecule is COc1nc(SC)nc(NC2CCCN(Br)C2)c1-c1ncc(F)cn1. The summed E-state index contributed by atoms with van der Waals surface area (Å²) in [5, 5.41) is 4.03. The molecule has 10 heteroatoms. The van der Waals surface area contributed by atoms with E-state index in [4.69, 9.17) is 4.74 Å². The van der Waals surface area contributed by atoms with Crippen LogP contribution in [-0.4, -0.2) is 56.4 Å². The van der Waals surface area contributed by atoms with Crippen molar-refractivity contribution >= 4 is 33.7 Å². The first-order valence-electron chi connectivity index (χ1n) is 7.76. The zero-order valence-electron chi connectivity index (χ0n) is 13.9. The van der Waals surface area contributed by atoms with E-state index in [2.05, 4.69) is 45.3 Å². The van der Waals surface area contributed by atoms with E-state index in [1.54, 1.807) is 0 Å². The Kier molecular flexibility index (Phi) is 6.02. The maximum absolute atomic E-state index is 13.2. The Bertz CT molecular complexity index is 735. The van der Waals surface area contributed by atoms with Gasteiger partial charge in [-0.3, -0.25) is 0 Å². The standard InChI is InChI=1S/C15H18BrFN6OS/c1-24-14-11(12-18-6-9(17)7-19-12)13(21-15(22-14)25-2)20-10-4-3-5-23(16)8-10/h6-7,10H,3-5,8H2,1-2H3,(H,20,21,22). The topological polar surface area (TPSA) is 76.1 Å². The van der Waals surface area contributed by atoms with Gasteiger partial charge in [-0.25, -0.2) is 23.3 Å². The van der Waals surface area contributed by atoms with E-state index in [-0.39, 0.29) is 6.04 Å². The van der Waals surface area contributed by atoms with E-state index in [1.165, 1.54) is 18.9 Å². The van der Waals surface area contributed by atoms with E-state index >= 15 is 0 Å². The van der Waals surface area contributed by atoms with E-state index in [0.717, 1.165) is 38.3 Å². The van der Waals surface area contributed by atoms with Gasteiger partial charge < -0.3 is 10.1 Å². The van der Waals surface area contributed by atoms with Crippen LogP contribution < -0.4 is 10.1 Å². The molecule has 0 aromatic carbocycles. The summed E-state index contributed by atoms with van der Waals surface area (Å²) in [6, 6.07) is 0.210. The molecule has 2 aromatic heterocycles. The third-order valence-electron chi connectivity index (χ3n) is 3.79. The highest BCUT2D eigenvalue weighted by Gasteiger charge is 2.24. The molecule has 1 unspecified atom stereocenters. The number of ether oxygens (including phenoxy) is 1. The molecule has 3 rings (SSSR count). The molecule has 3 heterocycles. The average Bonchev–Trinajstić information content (AvgIpc) is 2.62. The summed E-state index contributed by atoms with van der Waals surface area (Å²) in [6.45, 7) is 1.85. The van der Waals surface area contributed by atoms with E-state index in [0.29, 0.717) is 28.2 Å². The zero-order chi connectivity index (χ0) is 17.8. The third-order valence-corrected chi connectivity index (χ3v) is 4.98. The molecule has 1 atom stereocenters. The molecule has 1 N–H and O–H groups in total. The van der Waals surface area contributed by atoms with Crippen molar-refractivity contribution in [1.82, 2.24) is 23.9 Å². The van der Waals surface area contributed by atoms with Gasteiger partial charge in [0.1, 0.15) is 11.4 Å². The molecule has 0 aliphatic carbocycles. The average molecular weight is 429 g/mol. The highest BCUT2D eigenvalue weighted by atomic mass is 79.9. The van der Waals surface area contributed by atoms with Gasteiger partial charge in [0, 0.05) is 35.3 Å². The van der Waals surface area contributed by atoms with E-state index in [1.807, 2.05) is 6.26 Å². The number of piperidine rings is 1. The minimum absolute atomic E-state index is 0.210. The molecule has 0 radical (unpaired) electrons. The van der Waals surface area contributed by atoms with Crippen LogP contribution in [0.15, 0.2) is 17.6 Å². The summed E-state index contributed by atoms with van der Waals surface area (Å²) in [6.07, 6.45) is 6.23. The van der Waals surface area contributed by atoms with Gasteiger partial charge in [-0.15, -0.1) is 0 Å². The van der Waals surface area contributed by atoms with Crippen molar-refractivity contribution in [3.05, 3.63) is 18.2 Å². The van der Waals surface area contributed by atoms with Crippen LogP contribution in [0.3, 0.4) is 0 Å². The highest BCUT2D eigenvalue weighted by molar-refractivity contribution is 9.07. The number of thioether (sulfide) groups is 1. The van der Waals surface area contributed by atoms with Crippen LogP contribution >= 0.6 is 27.9 Å². The minimum atomic E-state index is -0.499. The summed E-state index contributed by atoms with van der Waals surface area (Å²) in [5.74, 6) is 0.775. The van der Waals surface area contributed by atoms with E-state index in [9.17, 15) is 4.39 Å². The van der Waals surface area contributed by atoms with Crippen molar-refractivity contribution < 1.29 is 9.13 Å². The Morgan fingerprint density at radius 1 is 1.36 bits per heavy atom. The first-order chi connectivity index (χ1) is 12.1. The number of nitrogens with one attached hydrogen (secondary N) is 1. The van der Waals surface area contributed by atoms with Gasteiger partial charge in [0.05, 0.1) is 19.5 Å². The Morgan fingerprint density at radius 2 is 2.12 bits per heavy atom. The summed E-state index contributed by atoms with van der Waals surface area (Å²) in [4.78, 5) is 17.1. The number of methoxy groups -OCH3 is 1. The molecule has 1 aliphatic rings. The van der Waals surface area contributed by atoms with Crippen molar-refractivity contribution in [2.75, 3.05) is 31.8 Å². The van der Waals surface area contributed by atoms with Gasteiger partial charge in [-0.1, -0.05) is 11.8 Å². The quantitative estimate of drug-likeness (QED) is 0.442. The van der Waals surface area contributed by atoms with Gasteiger partial charge in [0.15, 0.2) is 16.8 Å². The van der Waals surface area contributed by atoms with Crippen molar-refractivity contribution in [3.8, 4) is 17.3 Å². The largest absolute Gasteiger partial charge is 0.480 e. The maximum atomic E-state index is 13.2. The molecule has 134 valence electrons. The molecule has 1 saturated heterocycles. The molecular formula is C15H18BrFN6OS. The molecule has 0 bridgehead atoms. The second-order valence-corrected chi connectivity index (χ2v) is 7.30. The van der Waals surface area contributed by atoms with Crippen LogP contribution in [0.25, 0.3) is 11.4 Å². The smallest absolute Gasteiger partial charge is 0.230 e. The molecule has 2 aromatic rings. The number of nitrogens with zero attached hydrogens (tertiary/aromatic N) is 5. The molecule has 0 saturated carbocycles. The number of hydrogen-bond acceptors (Lipinski definition) is 8. The van der Waals surface area contributed by atoms with Crippen molar-refractivity contribution in [2.24, 2.45) is 0 Å². The predicted molar refractivity (Wildman–Crippen MR) is 98.5 cm³/mol. The third kappa shape index (κ3) is 4.36.